The van der Waals surface area contributed by atoms with Crippen molar-refractivity contribution in [2.45, 2.75) is 6.54 Å². The number of benzene rings is 1. The highest BCUT2D eigenvalue weighted by molar-refractivity contribution is 5.63. The first kappa shape index (κ1) is 16.1. The molecule has 0 radical (unpaired) electrons. The van der Waals surface area contributed by atoms with Gasteiger partial charge in [0, 0.05) is 31.7 Å². The maximum Gasteiger partial charge on any atom is 0.240 e. The van der Waals surface area contributed by atoms with Crippen molar-refractivity contribution in [1.82, 2.24) is 24.4 Å². The Bertz CT molecular complexity index is 861. The number of nitrogen functional groups attached to an aromatic ring is 1. The Labute approximate surface area is 147 Å². The van der Waals surface area contributed by atoms with Gasteiger partial charge in [-0.25, -0.2) is 4.52 Å². The number of aromatic nitrogens is 3. The van der Waals surface area contributed by atoms with Gasteiger partial charge in [-0.2, -0.15) is 4.98 Å². The summed E-state index contributed by atoms with van der Waals surface area (Å²) in [5.74, 6) is 1.11. The first-order chi connectivity index (χ1) is 12.1. The predicted octanol–water partition coefficient (Wildman–Crippen LogP) is 1.97. The van der Waals surface area contributed by atoms with Crippen LogP contribution in [0, 0.1) is 5.92 Å². The largest absolute Gasteiger partial charge is 0.366 e. The molecule has 3 aromatic rings. The first-order valence-corrected chi connectivity index (χ1v) is 8.66. The summed E-state index contributed by atoms with van der Waals surface area (Å²) < 4.78 is 1.80. The van der Waals surface area contributed by atoms with Gasteiger partial charge >= 0.3 is 0 Å². The van der Waals surface area contributed by atoms with Crippen molar-refractivity contribution in [1.29, 1.82) is 0 Å². The molecule has 130 valence electrons. The van der Waals surface area contributed by atoms with Crippen molar-refractivity contribution in [3.8, 4) is 11.3 Å². The molecule has 25 heavy (non-hydrogen) atoms. The molecular weight excluding hydrogens is 312 g/mol. The van der Waals surface area contributed by atoms with E-state index in [9.17, 15) is 0 Å². The number of nitrogens with zero attached hydrogens (tertiary/aromatic N) is 5. The van der Waals surface area contributed by atoms with E-state index in [-0.39, 0.29) is 0 Å². The zero-order valence-electron chi connectivity index (χ0n) is 14.8. The highest BCUT2D eigenvalue weighted by atomic mass is 15.3. The summed E-state index contributed by atoms with van der Waals surface area (Å²) >= 11 is 0. The van der Waals surface area contributed by atoms with Crippen molar-refractivity contribution in [2.75, 3.05) is 39.5 Å². The highest BCUT2D eigenvalue weighted by Crippen LogP contribution is 2.23. The van der Waals surface area contributed by atoms with Crippen LogP contribution in [0.2, 0.25) is 0 Å². The van der Waals surface area contributed by atoms with E-state index in [0.717, 1.165) is 29.4 Å². The molecule has 3 heterocycles. The van der Waals surface area contributed by atoms with E-state index in [2.05, 4.69) is 58.2 Å². The fraction of sp³-hybridized carbons (Fsp3) is 0.368. The van der Waals surface area contributed by atoms with E-state index >= 15 is 0 Å². The van der Waals surface area contributed by atoms with Crippen LogP contribution >= 0.6 is 0 Å². The van der Waals surface area contributed by atoms with E-state index in [1.54, 1.807) is 4.52 Å². The van der Waals surface area contributed by atoms with Gasteiger partial charge in [-0.05, 0) is 37.7 Å². The minimum absolute atomic E-state index is 0.300. The second kappa shape index (κ2) is 6.46. The number of nitrogens with two attached hydrogens (primary N) is 1. The first-order valence-electron chi connectivity index (χ1n) is 8.66. The average Bonchev–Trinajstić information content (AvgIpc) is 2.93. The lowest BCUT2D eigenvalue weighted by Gasteiger charge is -2.40. The van der Waals surface area contributed by atoms with E-state index in [1.165, 1.54) is 25.2 Å². The van der Waals surface area contributed by atoms with E-state index < -0.39 is 0 Å². The van der Waals surface area contributed by atoms with Gasteiger partial charge in [-0.1, -0.05) is 30.3 Å². The number of pyridine rings is 1. The number of hydrogen-bond acceptors (Lipinski definition) is 5. The Morgan fingerprint density at radius 3 is 2.60 bits per heavy atom. The fourth-order valence-electron chi connectivity index (χ4n) is 3.62. The summed E-state index contributed by atoms with van der Waals surface area (Å²) in [6.45, 7) is 4.58. The zero-order chi connectivity index (χ0) is 17.4. The van der Waals surface area contributed by atoms with Gasteiger partial charge in [-0.3, -0.25) is 4.90 Å². The van der Waals surface area contributed by atoms with Gasteiger partial charge < -0.3 is 10.6 Å². The molecule has 2 N–H and O–H groups in total. The van der Waals surface area contributed by atoms with Crippen molar-refractivity contribution in [2.24, 2.45) is 5.92 Å². The molecule has 1 aliphatic rings. The number of likely N-dealkylation sites (tertiary alicyclic amines) is 1. The third kappa shape index (κ3) is 3.36. The zero-order valence-corrected chi connectivity index (χ0v) is 14.8. The molecule has 1 aromatic carbocycles. The number of fused-ring (bicyclic) bond motifs is 1. The van der Waals surface area contributed by atoms with Crippen molar-refractivity contribution >= 4 is 11.6 Å². The summed E-state index contributed by atoms with van der Waals surface area (Å²) in [6.07, 6.45) is 0. The Morgan fingerprint density at radius 2 is 1.88 bits per heavy atom. The standard InChI is InChI=1S/C19H24N6/c1-23(2)10-15-12-24(13-15)11-14-6-8-16(9-7-14)17-4-3-5-18-21-19(20)22-25(17)18/h3-9,15H,10-13H2,1-2H3,(H2,20,22). The minimum Gasteiger partial charge on any atom is -0.366 e. The summed E-state index contributed by atoms with van der Waals surface area (Å²) in [6, 6.07) is 14.6. The minimum atomic E-state index is 0.300. The molecule has 4 rings (SSSR count). The molecule has 0 bridgehead atoms. The fourth-order valence-corrected chi connectivity index (χ4v) is 3.62. The van der Waals surface area contributed by atoms with Crippen molar-refractivity contribution in [3.63, 3.8) is 0 Å². The van der Waals surface area contributed by atoms with E-state index in [4.69, 9.17) is 5.73 Å². The molecule has 6 heteroatoms. The predicted molar refractivity (Wildman–Crippen MR) is 100 cm³/mol. The van der Waals surface area contributed by atoms with Crippen LogP contribution in [0.25, 0.3) is 16.9 Å². The van der Waals surface area contributed by atoms with Gasteiger partial charge in [-0.15, -0.1) is 5.10 Å². The van der Waals surface area contributed by atoms with Gasteiger partial charge in [0.15, 0.2) is 5.65 Å². The molecule has 1 fully saturated rings. The molecule has 1 aliphatic heterocycles. The molecule has 0 spiro atoms. The maximum absolute atomic E-state index is 5.73. The quantitative estimate of drug-likeness (QED) is 0.772. The Kier molecular flexibility index (Phi) is 4.15. The molecule has 2 aromatic heterocycles. The molecule has 0 saturated carbocycles. The Hall–Kier alpha value is -2.44. The highest BCUT2D eigenvalue weighted by Gasteiger charge is 2.26. The third-order valence-corrected chi connectivity index (χ3v) is 4.69. The van der Waals surface area contributed by atoms with Crippen LogP contribution in [-0.4, -0.2) is 58.1 Å². The normalized spacial score (nSPS) is 15.8. The van der Waals surface area contributed by atoms with Gasteiger partial charge in [0.25, 0.3) is 0 Å². The molecule has 0 amide bonds. The van der Waals surface area contributed by atoms with Crippen LogP contribution < -0.4 is 5.73 Å². The van der Waals surface area contributed by atoms with Gasteiger partial charge in [0.1, 0.15) is 0 Å². The van der Waals surface area contributed by atoms with E-state index in [1.807, 2.05) is 18.2 Å². The lowest BCUT2D eigenvalue weighted by atomic mass is 9.98. The Morgan fingerprint density at radius 1 is 1.12 bits per heavy atom. The monoisotopic (exact) mass is 336 g/mol. The average molecular weight is 336 g/mol. The smallest absolute Gasteiger partial charge is 0.240 e. The summed E-state index contributed by atoms with van der Waals surface area (Å²) in [4.78, 5) is 9.00. The van der Waals surface area contributed by atoms with Crippen molar-refractivity contribution < 1.29 is 0 Å². The van der Waals surface area contributed by atoms with Crippen LogP contribution in [0.4, 0.5) is 5.95 Å². The number of hydrogen-bond donors (Lipinski definition) is 1. The van der Waals surface area contributed by atoms with Gasteiger partial charge in [0.2, 0.25) is 5.95 Å². The Balaban J connectivity index is 1.45. The maximum atomic E-state index is 5.73. The molecule has 1 saturated heterocycles. The molecular formula is C19H24N6. The topological polar surface area (TPSA) is 62.7 Å². The molecule has 0 unspecified atom stereocenters. The molecule has 6 nitrogen and oxygen atoms in total. The number of anilines is 1. The van der Waals surface area contributed by atoms with Crippen LogP contribution in [0.15, 0.2) is 42.5 Å². The van der Waals surface area contributed by atoms with Crippen LogP contribution in [0.1, 0.15) is 5.56 Å². The third-order valence-electron chi connectivity index (χ3n) is 4.69. The second-order valence-electron chi connectivity index (χ2n) is 7.17. The summed E-state index contributed by atoms with van der Waals surface area (Å²) in [7, 11) is 4.29. The van der Waals surface area contributed by atoms with Crippen LogP contribution in [-0.2, 0) is 6.54 Å². The molecule has 0 aliphatic carbocycles. The van der Waals surface area contributed by atoms with Gasteiger partial charge in [0.05, 0.1) is 5.69 Å². The van der Waals surface area contributed by atoms with E-state index in [0.29, 0.717) is 5.95 Å². The van der Waals surface area contributed by atoms with Crippen LogP contribution in [0.5, 0.6) is 0 Å². The summed E-state index contributed by atoms with van der Waals surface area (Å²) in [5, 5.41) is 4.29. The number of rotatable bonds is 5. The van der Waals surface area contributed by atoms with Crippen molar-refractivity contribution in [3.05, 3.63) is 48.0 Å². The lowest BCUT2D eigenvalue weighted by molar-refractivity contribution is 0.0730. The summed E-state index contributed by atoms with van der Waals surface area (Å²) in [5.41, 5.74) is 9.96. The second-order valence-corrected chi connectivity index (χ2v) is 7.17. The van der Waals surface area contributed by atoms with Crippen LogP contribution in [0.3, 0.4) is 0 Å². The SMILES string of the molecule is CN(C)CC1CN(Cc2ccc(-c3cccc4nc(N)nn34)cc2)C1. The lowest BCUT2D eigenvalue weighted by Crippen LogP contribution is -2.49. The molecule has 0 atom stereocenters.